The summed E-state index contributed by atoms with van der Waals surface area (Å²) >= 11 is 10.2. The third-order valence-electron chi connectivity index (χ3n) is 3.85. The predicted octanol–water partition coefficient (Wildman–Crippen LogP) is 2.98. The van der Waals surface area contributed by atoms with E-state index < -0.39 is 0 Å². The van der Waals surface area contributed by atoms with Crippen molar-refractivity contribution in [2.24, 2.45) is 12.9 Å². The normalized spacial score (nSPS) is 16.0. The molecule has 114 valence electrons. The molecule has 0 spiro atoms. The van der Waals surface area contributed by atoms with Crippen LogP contribution in [0.15, 0.2) is 6.07 Å². The lowest BCUT2D eigenvalue weighted by atomic mass is 10.1. The third kappa shape index (κ3) is 3.00. The van der Waals surface area contributed by atoms with Gasteiger partial charge in [-0.1, -0.05) is 11.6 Å². The van der Waals surface area contributed by atoms with E-state index in [9.17, 15) is 0 Å². The minimum absolute atomic E-state index is 0.0814. The molecule has 0 aliphatic carbocycles. The fourth-order valence-corrected chi connectivity index (χ4v) is 5.35. The fraction of sp³-hybridized carbons (Fsp3) is 0.500. The number of nitrogens with zero attached hydrogens (tertiary/aromatic N) is 2. The lowest BCUT2D eigenvalue weighted by Crippen LogP contribution is -2.29. The monoisotopic (exact) mass is 342 g/mol. The Labute approximate surface area is 138 Å². The van der Waals surface area contributed by atoms with Crippen LogP contribution in [-0.2, 0) is 25.6 Å². The Kier molecular flexibility index (Phi) is 4.61. The van der Waals surface area contributed by atoms with E-state index in [1.165, 1.54) is 27.5 Å². The number of aryl methyl sites for hydroxylation is 3. The number of rotatable bonds is 4. The summed E-state index contributed by atoms with van der Waals surface area (Å²) in [7, 11) is 1.93. The van der Waals surface area contributed by atoms with Gasteiger partial charge in [0.25, 0.3) is 0 Å². The van der Waals surface area contributed by atoms with Crippen molar-refractivity contribution >= 4 is 34.7 Å². The predicted molar refractivity (Wildman–Crippen MR) is 90.9 cm³/mol. The summed E-state index contributed by atoms with van der Waals surface area (Å²) in [5, 5.41) is 5.12. The summed E-state index contributed by atoms with van der Waals surface area (Å²) in [5.41, 5.74) is 6.31. The number of halogens is 1. The van der Waals surface area contributed by atoms with Gasteiger partial charge in [-0.3, -0.25) is 16.0 Å². The van der Waals surface area contributed by atoms with Gasteiger partial charge in [-0.25, -0.2) is 0 Å². The zero-order valence-corrected chi connectivity index (χ0v) is 14.5. The molecule has 0 radical (unpaired) electrons. The molecule has 0 saturated heterocycles. The molecule has 7 heteroatoms. The van der Waals surface area contributed by atoms with E-state index in [0.29, 0.717) is 0 Å². The number of fused-ring (bicyclic) bond motifs is 1. The highest BCUT2D eigenvalue weighted by molar-refractivity contribution is 7.98. The second-order valence-corrected chi connectivity index (χ2v) is 7.94. The Hall–Kier alpha value is -0.530. The molecule has 1 atom stereocenters. The van der Waals surface area contributed by atoms with Gasteiger partial charge in [0, 0.05) is 29.0 Å². The minimum atomic E-state index is 0.0814. The average molecular weight is 343 g/mol. The highest BCUT2D eigenvalue weighted by atomic mass is 35.5. The van der Waals surface area contributed by atoms with Gasteiger partial charge in [0.05, 0.1) is 22.5 Å². The molecule has 2 aromatic heterocycles. The molecule has 0 bridgehead atoms. The molecular formula is C14H19ClN4S2. The van der Waals surface area contributed by atoms with Gasteiger partial charge in [-0.05, 0) is 30.7 Å². The SMILES string of the molecule is Cc1nn(C)c(CC(NN)c2cc3c(s2)CCSC3)c1Cl. The van der Waals surface area contributed by atoms with Crippen LogP contribution >= 0.6 is 34.7 Å². The van der Waals surface area contributed by atoms with Crippen LogP contribution in [0, 0.1) is 6.92 Å². The number of thiophene rings is 1. The smallest absolute Gasteiger partial charge is 0.0847 e. The highest BCUT2D eigenvalue weighted by Gasteiger charge is 2.22. The molecule has 0 saturated carbocycles. The van der Waals surface area contributed by atoms with Crippen molar-refractivity contribution in [3.63, 3.8) is 0 Å². The van der Waals surface area contributed by atoms with E-state index in [1.807, 2.05) is 41.8 Å². The van der Waals surface area contributed by atoms with E-state index in [4.69, 9.17) is 17.4 Å². The summed E-state index contributed by atoms with van der Waals surface area (Å²) in [5.74, 6) is 8.14. The van der Waals surface area contributed by atoms with Crippen molar-refractivity contribution in [2.75, 3.05) is 5.75 Å². The zero-order chi connectivity index (χ0) is 15.0. The fourth-order valence-electron chi connectivity index (χ4n) is 2.68. The highest BCUT2D eigenvalue weighted by Crippen LogP contribution is 2.36. The molecule has 1 unspecified atom stereocenters. The maximum atomic E-state index is 6.35. The van der Waals surface area contributed by atoms with Gasteiger partial charge in [0.1, 0.15) is 0 Å². The molecule has 0 amide bonds. The summed E-state index contributed by atoms with van der Waals surface area (Å²) in [6, 6.07) is 2.38. The molecule has 1 aliphatic rings. The molecule has 3 N–H and O–H groups in total. The molecule has 1 aliphatic heterocycles. The van der Waals surface area contributed by atoms with Crippen LogP contribution < -0.4 is 11.3 Å². The zero-order valence-electron chi connectivity index (χ0n) is 12.1. The number of hydrogen-bond donors (Lipinski definition) is 2. The standard InChI is InChI=1S/C14H19ClN4S2/c1-8-14(15)11(19(2)18-8)6-10(17-16)13-5-9-7-20-4-3-12(9)21-13/h5,10,17H,3-4,6-7,16H2,1-2H3. The lowest BCUT2D eigenvalue weighted by molar-refractivity contribution is 0.537. The van der Waals surface area contributed by atoms with Crippen molar-refractivity contribution in [3.8, 4) is 0 Å². The summed E-state index contributed by atoms with van der Waals surface area (Å²) < 4.78 is 1.85. The number of thioether (sulfide) groups is 1. The first kappa shape index (κ1) is 15.4. The Balaban J connectivity index is 1.86. The van der Waals surface area contributed by atoms with Crippen LogP contribution in [0.5, 0.6) is 0 Å². The van der Waals surface area contributed by atoms with Crippen LogP contribution in [0.4, 0.5) is 0 Å². The van der Waals surface area contributed by atoms with Gasteiger partial charge >= 0.3 is 0 Å². The van der Waals surface area contributed by atoms with Gasteiger partial charge in [0.15, 0.2) is 0 Å². The van der Waals surface area contributed by atoms with Crippen LogP contribution in [0.1, 0.15) is 32.7 Å². The van der Waals surface area contributed by atoms with E-state index in [0.717, 1.165) is 28.6 Å². The van der Waals surface area contributed by atoms with Crippen molar-refractivity contribution < 1.29 is 0 Å². The van der Waals surface area contributed by atoms with Crippen LogP contribution in [0.25, 0.3) is 0 Å². The maximum absolute atomic E-state index is 6.35. The van der Waals surface area contributed by atoms with Gasteiger partial charge in [0.2, 0.25) is 0 Å². The van der Waals surface area contributed by atoms with Crippen LogP contribution in [0.2, 0.25) is 5.02 Å². The lowest BCUT2D eigenvalue weighted by Gasteiger charge is -2.14. The van der Waals surface area contributed by atoms with E-state index in [-0.39, 0.29) is 6.04 Å². The number of hydrazine groups is 1. The molecule has 3 heterocycles. The Morgan fingerprint density at radius 2 is 2.38 bits per heavy atom. The van der Waals surface area contributed by atoms with Crippen LogP contribution in [0.3, 0.4) is 0 Å². The Morgan fingerprint density at radius 3 is 3.00 bits per heavy atom. The molecule has 4 nitrogen and oxygen atoms in total. The molecule has 2 aromatic rings. The summed E-state index contributed by atoms with van der Waals surface area (Å²) in [6.45, 7) is 1.93. The van der Waals surface area contributed by atoms with Crippen molar-refractivity contribution in [1.29, 1.82) is 0 Å². The third-order valence-corrected chi connectivity index (χ3v) is 6.70. The van der Waals surface area contributed by atoms with Crippen molar-refractivity contribution in [1.82, 2.24) is 15.2 Å². The Bertz CT molecular complexity index is 626. The largest absolute Gasteiger partial charge is 0.271 e. The van der Waals surface area contributed by atoms with Gasteiger partial charge in [-0.15, -0.1) is 11.3 Å². The summed E-state index contributed by atoms with van der Waals surface area (Å²) in [6.07, 6.45) is 1.92. The Morgan fingerprint density at radius 1 is 1.57 bits per heavy atom. The van der Waals surface area contributed by atoms with Crippen molar-refractivity contribution in [3.05, 3.63) is 37.8 Å². The number of hydrogen-bond acceptors (Lipinski definition) is 5. The quantitative estimate of drug-likeness (QED) is 0.662. The van der Waals surface area contributed by atoms with Crippen molar-refractivity contribution in [2.45, 2.75) is 31.6 Å². The van der Waals surface area contributed by atoms with Gasteiger partial charge in [-0.2, -0.15) is 16.9 Å². The topological polar surface area (TPSA) is 55.9 Å². The molecule has 0 fully saturated rings. The van der Waals surface area contributed by atoms with E-state index in [1.54, 1.807) is 0 Å². The van der Waals surface area contributed by atoms with E-state index >= 15 is 0 Å². The first-order valence-corrected chi connectivity index (χ1v) is 9.28. The van der Waals surface area contributed by atoms with E-state index in [2.05, 4.69) is 16.6 Å². The first-order valence-electron chi connectivity index (χ1n) is 6.93. The second kappa shape index (κ2) is 6.30. The number of aromatic nitrogens is 2. The molecule has 21 heavy (non-hydrogen) atoms. The maximum Gasteiger partial charge on any atom is 0.0847 e. The second-order valence-electron chi connectivity index (χ2n) is 5.29. The number of nitrogens with two attached hydrogens (primary N) is 1. The van der Waals surface area contributed by atoms with Gasteiger partial charge < -0.3 is 0 Å². The average Bonchev–Trinajstić information content (AvgIpc) is 3.00. The minimum Gasteiger partial charge on any atom is -0.271 e. The first-order chi connectivity index (χ1) is 10.1. The molecule has 3 rings (SSSR count). The molecule has 0 aromatic carbocycles. The molecular weight excluding hydrogens is 324 g/mol. The summed E-state index contributed by atoms with van der Waals surface area (Å²) in [4.78, 5) is 2.80. The number of nitrogens with one attached hydrogen (secondary N) is 1. The van der Waals surface area contributed by atoms with Crippen LogP contribution in [-0.4, -0.2) is 15.5 Å².